The van der Waals surface area contributed by atoms with Crippen molar-refractivity contribution in [1.29, 1.82) is 0 Å². The summed E-state index contributed by atoms with van der Waals surface area (Å²) in [5, 5.41) is 5.35. The van der Waals surface area contributed by atoms with Crippen LogP contribution in [0.15, 0.2) is 83.7 Å². The Balaban J connectivity index is 1.69. The van der Waals surface area contributed by atoms with Crippen LogP contribution in [-0.4, -0.2) is 29.7 Å². The van der Waals surface area contributed by atoms with E-state index in [9.17, 15) is 9.59 Å². The number of nitrogens with zero attached hydrogens (tertiary/aromatic N) is 2. The molecule has 7 heteroatoms. The molecule has 6 rings (SSSR count). The van der Waals surface area contributed by atoms with Crippen molar-refractivity contribution in [3.05, 3.63) is 106 Å². The van der Waals surface area contributed by atoms with E-state index in [0.717, 1.165) is 16.3 Å². The van der Waals surface area contributed by atoms with E-state index in [0.29, 0.717) is 45.9 Å². The maximum Gasteiger partial charge on any atom is 0.266 e. The molecule has 1 aliphatic heterocycles. The maximum atomic E-state index is 14.1. The van der Waals surface area contributed by atoms with E-state index in [1.807, 2.05) is 66.7 Å². The third-order valence-corrected chi connectivity index (χ3v) is 6.65. The van der Waals surface area contributed by atoms with Crippen LogP contribution in [0.4, 0.5) is 0 Å². The van der Waals surface area contributed by atoms with Gasteiger partial charge in [-0.05, 0) is 41.0 Å². The molecule has 2 heterocycles. The number of aromatic nitrogens is 2. The van der Waals surface area contributed by atoms with Crippen LogP contribution in [0.25, 0.3) is 27.4 Å². The minimum absolute atomic E-state index is 0.249. The minimum Gasteiger partial charge on any atom is -0.493 e. The first-order valence-electron chi connectivity index (χ1n) is 11.6. The number of benzene rings is 4. The topological polar surface area (TPSA) is 82.5 Å². The second-order valence-corrected chi connectivity index (χ2v) is 8.77. The summed E-state index contributed by atoms with van der Waals surface area (Å²) in [4.78, 5) is 32.5. The molecule has 0 fully saturated rings. The average Bonchev–Trinajstić information content (AvgIpc) is 3.01. The van der Waals surface area contributed by atoms with Crippen LogP contribution in [0.3, 0.4) is 0 Å². The van der Waals surface area contributed by atoms with Crippen molar-refractivity contribution in [2.75, 3.05) is 14.2 Å². The first-order chi connectivity index (χ1) is 17.6. The lowest BCUT2D eigenvalue weighted by Crippen LogP contribution is -2.32. The summed E-state index contributed by atoms with van der Waals surface area (Å²) in [5.41, 5.74) is 2.15. The Bertz CT molecular complexity index is 1710. The van der Waals surface area contributed by atoms with Gasteiger partial charge in [0.15, 0.2) is 11.5 Å². The molecule has 4 aromatic carbocycles. The fourth-order valence-corrected chi connectivity index (χ4v) is 4.88. The summed E-state index contributed by atoms with van der Waals surface area (Å²) in [6, 6.07) is 24.1. The molecule has 0 radical (unpaired) electrons. The number of fused-ring (bicyclic) bond motifs is 5. The summed E-state index contributed by atoms with van der Waals surface area (Å²) in [6.45, 7) is 0. The number of hydrogen-bond donors (Lipinski definition) is 1. The molecule has 1 amide bonds. The molecule has 0 bridgehead atoms. The maximum absolute atomic E-state index is 14.1. The molecule has 1 atom stereocenters. The van der Waals surface area contributed by atoms with E-state index in [1.54, 1.807) is 23.8 Å². The Morgan fingerprint density at radius 2 is 1.53 bits per heavy atom. The van der Waals surface area contributed by atoms with Crippen LogP contribution >= 0.6 is 0 Å². The van der Waals surface area contributed by atoms with Crippen molar-refractivity contribution in [2.24, 2.45) is 0 Å². The lowest BCUT2D eigenvalue weighted by Gasteiger charge is -2.20. The van der Waals surface area contributed by atoms with Gasteiger partial charge < -0.3 is 14.8 Å². The van der Waals surface area contributed by atoms with E-state index in [1.165, 1.54) is 7.11 Å². The van der Waals surface area contributed by atoms with Gasteiger partial charge in [0, 0.05) is 6.07 Å². The predicted molar refractivity (Wildman–Crippen MR) is 138 cm³/mol. The standard InChI is InChI=1S/C29H23N3O4/c1-35-25-15-20-22(16-26(25)36-2)30-27-23(12-17-8-4-3-5-9-17)31-28(33)21-13-18-10-6-7-11-19(18)14-24(21)32(27)29(20)34/h3-11,13-16,23H,12H2,1-2H3,(H,31,33). The summed E-state index contributed by atoms with van der Waals surface area (Å²) in [6.07, 6.45) is 0.478. The summed E-state index contributed by atoms with van der Waals surface area (Å²) in [7, 11) is 3.07. The van der Waals surface area contributed by atoms with Crippen molar-refractivity contribution in [3.8, 4) is 17.2 Å². The summed E-state index contributed by atoms with van der Waals surface area (Å²) < 4.78 is 12.5. The highest BCUT2D eigenvalue weighted by atomic mass is 16.5. The molecule has 0 spiro atoms. The predicted octanol–water partition coefficient (Wildman–Crippen LogP) is 4.58. The molecular formula is C29H23N3O4. The van der Waals surface area contributed by atoms with Crippen molar-refractivity contribution in [1.82, 2.24) is 14.9 Å². The molecule has 1 aliphatic rings. The fourth-order valence-electron chi connectivity index (χ4n) is 4.88. The van der Waals surface area contributed by atoms with Gasteiger partial charge in [0.05, 0.1) is 42.4 Å². The molecule has 1 aromatic heterocycles. The highest BCUT2D eigenvalue weighted by molar-refractivity contribution is 6.03. The Kier molecular flexibility index (Phi) is 5.18. The zero-order valence-electron chi connectivity index (χ0n) is 19.8. The van der Waals surface area contributed by atoms with Crippen LogP contribution < -0.4 is 20.3 Å². The molecule has 178 valence electrons. The van der Waals surface area contributed by atoms with Crippen molar-refractivity contribution < 1.29 is 14.3 Å². The van der Waals surface area contributed by atoms with Crippen LogP contribution in [-0.2, 0) is 6.42 Å². The third kappa shape index (κ3) is 3.48. The highest BCUT2D eigenvalue weighted by Crippen LogP contribution is 2.33. The van der Waals surface area contributed by atoms with Crippen molar-refractivity contribution in [3.63, 3.8) is 0 Å². The fraction of sp³-hybridized carbons (Fsp3) is 0.138. The van der Waals surface area contributed by atoms with Crippen LogP contribution in [0, 0.1) is 0 Å². The Morgan fingerprint density at radius 3 is 2.25 bits per heavy atom. The first-order valence-corrected chi connectivity index (χ1v) is 11.6. The van der Waals surface area contributed by atoms with Crippen LogP contribution in [0.1, 0.15) is 27.8 Å². The van der Waals surface area contributed by atoms with E-state index < -0.39 is 6.04 Å². The SMILES string of the molecule is COc1cc2nc3n(c(=O)c2cc1OC)-c1cc2ccccc2cc1C(=O)NC3Cc1ccccc1. The largest absolute Gasteiger partial charge is 0.493 e. The second kappa shape index (κ2) is 8.53. The number of ether oxygens (including phenoxy) is 2. The molecule has 7 nitrogen and oxygen atoms in total. The van der Waals surface area contributed by atoms with E-state index in [4.69, 9.17) is 14.5 Å². The molecule has 5 aromatic rings. The van der Waals surface area contributed by atoms with E-state index >= 15 is 0 Å². The zero-order chi connectivity index (χ0) is 24.8. The zero-order valence-corrected chi connectivity index (χ0v) is 19.8. The second-order valence-electron chi connectivity index (χ2n) is 8.77. The van der Waals surface area contributed by atoms with Crippen LogP contribution in [0.2, 0.25) is 0 Å². The molecule has 0 aliphatic carbocycles. The average molecular weight is 478 g/mol. The first kappa shape index (κ1) is 21.9. The third-order valence-electron chi connectivity index (χ3n) is 6.65. The highest BCUT2D eigenvalue weighted by Gasteiger charge is 2.30. The van der Waals surface area contributed by atoms with Crippen molar-refractivity contribution >= 4 is 27.6 Å². The van der Waals surface area contributed by atoms with Crippen LogP contribution in [0.5, 0.6) is 11.5 Å². The molecule has 0 saturated heterocycles. The monoisotopic (exact) mass is 477 g/mol. The van der Waals surface area contributed by atoms with Gasteiger partial charge in [-0.2, -0.15) is 0 Å². The van der Waals surface area contributed by atoms with Gasteiger partial charge in [-0.3, -0.25) is 14.2 Å². The number of carbonyl (C=O) groups excluding carboxylic acids is 1. The van der Waals surface area contributed by atoms with Gasteiger partial charge >= 0.3 is 0 Å². The van der Waals surface area contributed by atoms with Gasteiger partial charge in [-0.25, -0.2) is 4.98 Å². The Hall–Kier alpha value is -4.65. The molecule has 1 unspecified atom stereocenters. The number of amides is 1. The lowest BCUT2D eigenvalue weighted by molar-refractivity contribution is 0.0938. The minimum atomic E-state index is -0.527. The quantitative estimate of drug-likeness (QED) is 0.410. The van der Waals surface area contributed by atoms with Gasteiger partial charge in [0.2, 0.25) is 0 Å². The number of methoxy groups -OCH3 is 2. The van der Waals surface area contributed by atoms with E-state index in [2.05, 4.69) is 5.32 Å². The van der Waals surface area contributed by atoms with Gasteiger partial charge in [-0.1, -0.05) is 54.6 Å². The van der Waals surface area contributed by atoms with E-state index in [-0.39, 0.29) is 11.5 Å². The molecule has 1 N–H and O–H groups in total. The number of carbonyl (C=O) groups is 1. The summed E-state index contributed by atoms with van der Waals surface area (Å²) >= 11 is 0. The smallest absolute Gasteiger partial charge is 0.266 e. The van der Waals surface area contributed by atoms with Crippen molar-refractivity contribution in [2.45, 2.75) is 12.5 Å². The Morgan fingerprint density at radius 1 is 0.861 bits per heavy atom. The number of nitrogens with one attached hydrogen (secondary N) is 1. The molecule has 0 saturated carbocycles. The Labute approximate surface area is 206 Å². The normalized spacial score (nSPS) is 14.6. The molecular weight excluding hydrogens is 454 g/mol. The lowest BCUT2D eigenvalue weighted by atomic mass is 10.0. The summed E-state index contributed by atoms with van der Waals surface area (Å²) in [5.74, 6) is 1.13. The van der Waals surface area contributed by atoms with Gasteiger partial charge in [0.25, 0.3) is 11.5 Å². The van der Waals surface area contributed by atoms with Gasteiger partial charge in [0.1, 0.15) is 5.82 Å². The van der Waals surface area contributed by atoms with Gasteiger partial charge in [-0.15, -0.1) is 0 Å². The number of rotatable bonds is 4. The molecule has 36 heavy (non-hydrogen) atoms. The number of hydrogen-bond acceptors (Lipinski definition) is 5.